The van der Waals surface area contributed by atoms with Gasteiger partial charge in [-0.25, -0.2) is 0 Å². The third-order valence-electron chi connectivity index (χ3n) is 0.533. The molecule has 0 heterocycles. The van der Waals surface area contributed by atoms with Gasteiger partial charge in [0, 0.05) is 11.9 Å². The molecule has 6 heteroatoms. The molecule has 0 saturated heterocycles. The van der Waals surface area contributed by atoms with Crippen molar-refractivity contribution in [1.29, 1.82) is 0 Å². The fourth-order valence-corrected chi connectivity index (χ4v) is 0.204. The molecule has 0 aromatic rings. The number of carboxylic acids is 2. The summed E-state index contributed by atoms with van der Waals surface area (Å²) in [6.07, 6.45) is -0.940. The van der Waals surface area contributed by atoms with Crippen molar-refractivity contribution in [3.05, 3.63) is 0 Å². The van der Waals surface area contributed by atoms with Crippen LogP contribution in [-0.2, 0) is 36.8 Å². The second kappa shape index (κ2) is 8.61. The summed E-state index contributed by atoms with van der Waals surface area (Å²) >= 11 is 0. The standard InChI is InChI=1S/C4H6O4.O.Ti/c5-3(6)1-2-4(7)8;;/h1-2H2,(H,5,6)(H,7,8);;/q;-2;+4/p-2. The Kier molecular flexibility index (Phi) is 14.0. The zero-order valence-electron chi connectivity index (χ0n) is 4.96. The van der Waals surface area contributed by atoms with E-state index < -0.39 is 24.8 Å². The van der Waals surface area contributed by atoms with Gasteiger partial charge in [-0.15, -0.1) is 0 Å². The molecule has 0 amide bonds. The van der Waals surface area contributed by atoms with Crippen LogP contribution in [0.5, 0.6) is 0 Å². The van der Waals surface area contributed by atoms with Gasteiger partial charge in [0.15, 0.2) is 0 Å². The number of carbonyl (C=O) groups is 2. The monoisotopic (exact) mass is 180 g/mol. The van der Waals surface area contributed by atoms with Gasteiger partial charge in [0.25, 0.3) is 0 Å². The van der Waals surface area contributed by atoms with Gasteiger partial charge in [-0.1, -0.05) is 0 Å². The normalized spacial score (nSPS) is 6.80. The van der Waals surface area contributed by atoms with Gasteiger partial charge >= 0.3 is 21.7 Å². The fraction of sp³-hybridized carbons (Fsp3) is 0.500. The van der Waals surface area contributed by atoms with Gasteiger partial charge in [-0.2, -0.15) is 0 Å². The van der Waals surface area contributed by atoms with Gasteiger partial charge in [-0.3, -0.25) is 0 Å². The summed E-state index contributed by atoms with van der Waals surface area (Å²) in [4.78, 5) is 19.0. The third-order valence-corrected chi connectivity index (χ3v) is 0.533. The second-order valence-corrected chi connectivity index (χ2v) is 1.24. The molecular weight excluding hydrogens is 176 g/mol. The molecule has 0 saturated carbocycles. The third kappa shape index (κ3) is 15.6. The first kappa shape index (κ1) is 16.3. The zero-order valence-corrected chi connectivity index (χ0v) is 6.52. The van der Waals surface area contributed by atoms with Crippen LogP contribution < -0.4 is 10.2 Å². The maximum Gasteiger partial charge on any atom is 4.00 e. The molecule has 0 bridgehead atoms. The smallest absolute Gasteiger partial charge is 2.00 e. The van der Waals surface area contributed by atoms with Crippen LogP contribution in [0.1, 0.15) is 12.8 Å². The minimum absolute atomic E-state index is 0. The molecule has 0 aliphatic heterocycles. The summed E-state index contributed by atoms with van der Waals surface area (Å²) in [7, 11) is 0. The van der Waals surface area contributed by atoms with Gasteiger partial charge in [0.05, 0.1) is 0 Å². The Morgan fingerprint density at radius 1 is 1.00 bits per heavy atom. The maximum atomic E-state index is 9.50. The molecule has 0 N–H and O–H groups in total. The Labute approximate surface area is 72.2 Å². The minimum Gasteiger partial charge on any atom is -2.00 e. The number of aliphatic carboxylic acids is 2. The number of rotatable bonds is 3. The van der Waals surface area contributed by atoms with Crippen molar-refractivity contribution in [3.63, 3.8) is 0 Å². The van der Waals surface area contributed by atoms with Crippen LogP contribution in [0.15, 0.2) is 0 Å². The molecule has 0 rings (SSSR count). The van der Waals surface area contributed by atoms with Crippen molar-refractivity contribution in [2.24, 2.45) is 0 Å². The number of hydrogen-bond donors (Lipinski definition) is 0. The fourth-order valence-electron chi connectivity index (χ4n) is 0.204. The molecule has 0 unspecified atom stereocenters. The topological polar surface area (TPSA) is 109 Å². The molecule has 0 aromatic carbocycles. The Balaban J connectivity index is -0.000000245. The van der Waals surface area contributed by atoms with Crippen LogP contribution in [0.4, 0.5) is 0 Å². The molecule has 0 aliphatic rings. The number of hydrogen-bond acceptors (Lipinski definition) is 4. The quantitative estimate of drug-likeness (QED) is 0.435. The second-order valence-electron chi connectivity index (χ2n) is 1.24. The molecule has 0 fully saturated rings. The molecule has 0 atom stereocenters. The zero-order chi connectivity index (χ0) is 6.57. The molecule has 54 valence electrons. The van der Waals surface area contributed by atoms with Crippen LogP contribution in [0, 0.1) is 0 Å². The van der Waals surface area contributed by atoms with Gasteiger partial charge < -0.3 is 25.3 Å². The largest absolute Gasteiger partial charge is 4.00 e. The average molecular weight is 180 g/mol. The first-order valence-electron chi connectivity index (χ1n) is 2.02. The Morgan fingerprint density at radius 3 is 1.30 bits per heavy atom. The van der Waals surface area contributed by atoms with Crippen LogP contribution in [0.3, 0.4) is 0 Å². The van der Waals surface area contributed by atoms with Crippen LogP contribution in [-0.4, -0.2) is 11.9 Å². The molecule has 0 spiro atoms. The predicted octanol–water partition coefficient (Wildman–Crippen LogP) is -2.85. The van der Waals surface area contributed by atoms with E-state index in [0.717, 1.165) is 0 Å². The van der Waals surface area contributed by atoms with Crippen molar-refractivity contribution in [1.82, 2.24) is 0 Å². The van der Waals surface area contributed by atoms with E-state index in [1.165, 1.54) is 0 Å². The molecule has 5 nitrogen and oxygen atoms in total. The Hall–Kier alpha value is -0.386. The van der Waals surface area contributed by atoms with Crippen LogP contribution in [0.2, 0.25) is 0 Å². The first-order chi connectivity index (χ1) is 3.63. The van der Waals surface area contributed by atoms with Crippen molar-refractivity contribution >= 4 is 11.9 Å². The first-order valence-corrected chi connectivity index (χ1v) is 2.02. The van der Waals surface area contributed by atoms with Gasteiger partial charge in [0.2, 0.25) is 0 Å². The van der Waals surface area contributed by atoms with Crippen molar-refractivity contribution in [3.8, 4) is 0 Å². The van der Waals surface area contributed by atoms with Gasteiger partial charge in [-0.05, 0) is 12.8 Å². The summed E-state index contributed by atoms with van der Waals surface area (Å²) in [5.74, 6) is -2.73. The summed E-state index contributed by atoms with van der Waals surface area (Å²) < 4.78 is 0. The van der Waals surface area contributed by atoms with E-state index in [1.807, 2.05) is 0 Å². The van der Waals surface area contributed by atoms with E-state index >= 15 is 0 Å². The summed E-state index contributed by atoms with van der Waals surface area (Å²) in [5, 5.41) is 19.0. The van der Waals surface area contributed by atoms with E-state index in [9.17, 15) is 19.8 Å². The molecular formula is C4H4O5Ti. The Bertz CT molecular complexity index is 98.2. The van der Waals surface area contributed by atoms with Crippen molar-refractivity contribution in [2.45, 2.75) is 12.8 Å². The predicted molar refractivity (Wildman–Crippen MR) is 19.9 cm³/mol. The van der Waals surface area contributed by atoms with Gasteiger partial charge in [0.1, 0.15) is 0 Å². The van der Waals surface area contributed by atoms with Crippen LogP contribution in [0.25, 0.3) is 0 Å². The molecule has 0 aromatic heterocycles. The molecule has 0 aliphatic carbocycles. The van der Waals surface area contributed by atoms with E-state index in [-0.39, 0.29) is 27.2 Å². The van der Waals surface area contributed by atoms with E-state index in [4.69, 9.17) is 0 Å². The van der Waals surface area contributed by atoms with Crippen molar-refractivity contribution in [2.75, 3.05) is 0 Å². The van der Waals surface area contributed by atoms with Crippen molar-refractivity contribution < 1.29 is 47.0 Å². The number of carboxylic acid groups (broad SMARTS) is 2. The average Bonchev–Trinajstić information content (AvgIpc) is 1.61. The summed E-state index contributed by atoms with van der Waals surface area (Å²) in [5.41, 5.74) is 0. The number of carbonyl (C=O) groups excluding carboxylic acids is 2. The van der Waals surface area contributed by atoms with E-state index in [0.29, 0.717) is 0 Å². The summed E-state index contributed by atoms with van der Waals surface area (Å²) in [6, 6.07) is 0. The summed E-state index contributed by atoms with van der Waals surface area (Å²) in [6.45, 7) is 0. The Morgan fingerprint density at radius 2 is 1.20 bits per heavy atom. The van der Waals surface area contributed by atoms with E-state index in [2.05, 4.69) is 0 Å². The maximum absolute atomic E-state index is 9.50. The molecule has 10 heavy (non-hydrogen) atoms. The SMILES string of the molecule is O=C([O-])CCC(=O)[O-].[O-2].[Ti+4]. The molecule has 0 radical (unpaired) electrons. The van der Waals surface area contributed by atoms with E-state index in [1.54, 1.807) is 0 Å². The van der Waals surface area contributed by atoms with Crippen LogP contribution >= 0.6 is 0 Å². The minimum atomic E-state index is -1.37.